The number of hydrogen-bond acceptors (Lipinski definition) is 6. The van der Waals surface area contributed by atoms with E-state index in [0.717, 1.165) is 40.8 Å². The van der Waals surface area contributed by atoms with E-state index < -0.39 is 5.60 Å². The Hall–Kier alpha value is -4.24. The second kappa shape index (κ2) is 9.50. The van der Waals surface area contributed by atoms with Gasteiger partial charge in [0.2, 0.25) is 0 Å². The number of pyridine rings is 1. The minimum Gasteiger partial charge on any atom is -0.455 e. The highest BCUT2D eigenvalue weighted by molar-refractivity contribution is 5.88. The predicted molar refractivity (Wildman–Crippen MR) is 150 cm³/mol. The number of likely N-dealkylation sites (tertiary alicyclic amines) is 1. The lowest BCUT2D eigenvalue weighted by molar-refractivity contribution is 0.00584. The molecule has 0 spiro atoms. The molecule has 0 aliphatic carbocycles. The summed E-state index contributed by atoms with van der Waals surface area (Å²) in [5.74, 6) is 0.391. The number of hydrogen-bond donors (Lipinski definition) is 0. The predicted octanol–water partition coefficient (Wildman–Crippen LogP) is 4.48. The monoisotopic (exact) mass is 524 g/mol. The number of nitrogens with zero attached hydrogens (tertiary/aromatic N) is 6. The van der Waals surface area contributed by atoms with Crippen LogP contribution in [0.2, 0.25) is 0 Å². The summed E-state index contributed by atoms with van der Waals surface area (Å²) in [4.78, 5) is 37.9. The Morgan fingerprint density at radius 2 is 1.85 bits per heavy atom. The fourth-order valence-corrected chi connectivity index (χ4v) is 5.43. The van der Waals surface area contributed by atoms with Gasteiger partial charge in [-0.1, -0.05) is 30.3 Å². The standard InChI is InChI=1S/C30H32N6O3/c1-30(2,3)39-28(37)25-17-32-26(33(25)4)19-34-15-13-23(18-34)36-27-24(10-7-14-31-27)35(29(36)38)22-12-11-20-8-5-6-9-21(20)16-22/h5-12,14,16-17,23H,13,15,18-19H2,1-4H3. The van der Waals surface area contributed by atoms with Gasteiger partial charge in [-0.25, -0.2) is 19.6 Å². The molecule has 3 aromatic heterocycles. The first-order valence-electron chi connectivity index (χ1n) is 13.2. The highest BCUT2D eigenvalue weighted by Gasteiger charge is 2.30. The molecule has 9 nitrogen and oxygen atoms in total. The number of benzene rings is 2. The number of carbonyl (C=O) groups excluding carboxylic acids is 1. The van der Waals surface area contributed by atoms with E-state index in [-0.39, 0.29) is 17.7 Å². The maximum Gasteiger partial charge on any atom is 0.357 e. The number of fused-ring (bicyclic) bond motifs is 2. The molecular formula is C30H32N6O3. The van der Waals surface area contributed by atoms with Crippen LogP contribution in [0.4, 0.5) is 0 Å². The minimum absolute atomic E-state index is 0.0257. The average Bonchev–Trinajstić information content (AvgIpc) is 3.58. The molecule has 0 amide bonds. The summed E-state index contributed by atoms with van der Waals surface area (Å²) < 4.78 is 10.9. The Labute approximate surface area is 226 Å². The molecule has 0 radical (unpaired) electrons. The lowest BCUT2D eigenvalue weighted by Crippen LogP contribution is -2.29. The zero-order valence-corrected chi connectivity index (χ0v) is 22.7. The van der Waals surface area contributed by atoms with Gasteiger partial charge in [0.05, 0.1) is 30.0 Å². The summed E-state index contributed by atoms with van der Waals surface area (Å²) in [6, 6.07) is 18.0. The normalized spacial score (nSPS) is 16.4. The molecule has 1 fully saturated rings. The first kappa shape index (κ1) is 25.1. The number of ether oxygens (including phenoxy) is 1. The second-order valence-electron chi connectivity index (χ2n) is 11.2. The molecule has 4 heterocycles. The second-order valence-corrected chi connectivity index (χ2v) is 11.2. The molecule has 1 saturated heterocycles. The van der Waals surface area contributed by atoms with Gasteiger partial charge in [0, 0.05) is 26.3 Å². The Morgan fingerprint density at radius 1 is 1.05 bits per heavy atom. The van der Waals surface area contributed by atoms with Crippen LogP contribution in [0.15, 0.2) is 71.8 Å². The Balaban J connectivity index is 1.28. The zero-order chi connectivity index (χ0) is 27.3. The van der Waals surface area contributed by atoms with Crippen LogP contribution < -0.4 is 5.69 Å². The first-order valence-corrected chi connectivity index (χ1v) is 13.2. The van der Waals surface area contributed by atoms with Crippen molar-refractivity contribution in [1.29, 1.82) is 0 Å². The van der Waals surface area contributed by atoms with Crippen LogP contribution in [0.5, 0.6) is 0 Å². The van der Waals surface area contributed by atoms with Crippen molar-refractivity contribution in [1.82, 2.24) is 28.6 Å². The number of aromatic nitrogens is 5. The molecule has 39 heavy (non-hydrogen) atoms. The number of rotatable bonds is 5. The third kappa shape index (κ3) is 4.63. The van der Waals surface area contributed by atoms with Crippen LogP contribution in [-0.4, -0.2) is 53.2 Å². The van der Waals surface area contributed by atoms with Crippen molar-refractivity contribution in [3.05, 3.63) is 89.0 Å². The molecular weight excluding hydrogens is 492 g/mol. The zero-order valence-electron chi connectivity index (χ0n) is 22.7. The van der Waals surface area contributed by atoms with Gasteiger partial charge in [-0.15, -0.1) is 0 Å². The Morgan fingerprint density at radius 3 is 2.64 bits per heavy atom. The van der Waals surface area contributed by atoms with E-state index in [4.69, 9.17) is 4.74 Å². The van der Waals surface area contributed by atoms with Crippen molar-refractivity contribution < 1.29 is 9.53 Å². The van der Waals surface area contributed by atoms with Gasteiger partial charge >= 0.3 is 11.7 Å². The molecule has 200 valence electrons. The first-order chi connectivity index (χ1) is 18.7. The van der Waals surface area contributed by atoms with Gasteiger partial charge in [0.15, 0.2) is 5.65 Å². The highest BCUT2D eigenvalue weighted by Crippen LogP contribution is 2.27. The van der Waals surface area contributed by atoms with Gasteiger partial charge in [0.25, 0.3) is 0 Å². The molecule has 1 unspecified atom stereocenters. The summed E-state index contributed by atoms with van der Waals surface area (Å²) in [7, 11) is 1.83. The molecule has 0 N–H and O–H groups in total. The van der Waals surface area contributed by atoms with Crippen molar-refractivity contribution in [2.75, 3.05) is 13.1 Å². The highest BCUT2D eigenvalue weighted by atomic mass is 16.6. The fourth-order valence-electron chi connectivity index (χ4n) is 5.43. The van der Waals surface area contributed by atoms with E-state index in [2.05, 4.69) is 33.1 Å². The minimum atomic E-state index is -0.572. The molecule has 2 aromatic carbocycles. The maximum atomic E-state index is 13.9. The van der Waals surface area contributed by atoms with E-state index in [1.165, 1.54) is 0 Å². The van der Waals surface area contributed by atoms with Crippen LogP contribution >= 0.6 is 0 Å². The molecule has 9 heteroatoms. The van der Waals surface area contributed by atoms with E-state index in [1.54, 1.807) is 21.5 Å². The average molecular weight is 525 g/mol. The number of imidazole rings is 2. The van der Waals surface area contributed by atoms with Crippen molar-refractivity contribution in [2.24, 2.45) is 7.05 Å². The Bertz CT molecular complexity index is 1760. The topological polar surface area (TPSA) is 87.2 Å². The largest absolute Gasteiger partial charge is 0.455 e. The lowest BCUT2D eigenvalue weighted by Gasteiger charge is -2.20. The number of esters is 1. The van der Waals surface area contributed by atoms with E-state index in [0.29, 0.717) is 24.4 Å². The molecule has 1 aliphatic heterocycles. The SMILES string of the molecule is Cn1c(C(=O)OC(C)(C)C)cnc1CN1CCC(n2c(=O)n(-c3ccc4ccccc4c3)c3cccnc32)C1. The molecule has 6 rings (SSSR count). The van der Waals surface area contributed by atoms with Gasteiger partial charge < -0.3 is 9.30 Å². The van der Waals surface area contributed by atoms with E-state index in [9.17, 15) is 9.59 Å². The Kier molecular flexibility index (Phi) is 6.10. The lowest BCUT2D eigenvalue weighted by atomic mass is 10.1. The van der Waals surface area contributed by atoms with Crippen LogP contribution in [0, 0.1) is 0 Å². The molecule has 1 aliphatic rings. The van der Waals surface area contributed by atoms with E-state index in [1.807, 2.05) is 68.8 Å². The van der Waals surface area contributed by atoms with Crippen LogP contribution in [0.1, 0.15) is 49.5 Å². The van der Waals surface area contributed by atoms with Gasteiger partial charge in [-0.3, -0.25) is 14.0 Å². The molecule has 1 atom stereocenters. The van der Waals surface area contributed by atoms with Crippen LogP contribution in [-0.2, 0) is 18.3 Å². The summed E-state index contributed by atoms with van der Waals surface area (Å²) in [6.07, 6.45) is 4.13. The van der Waals surface area contributed by atoms with Crippen LogP contribution in [0.3, 0.4) is 0 Å². The molecule has 5 aromatic rings. The van der Waals surface area contributed by atoms with Crippen molar-refractivity contribution in [3.63, 3.8) is 0 Å². The van der Waals surface area contributed by atoms with E-state index >= 15 is 0 Å². The summed E-state index contributed by atoms with van der Waals surface area (Å²) in [6.45, 7) is 7.60. The van der Waals surface area contributed by atoms with Crippen molar-refractivity contribution in [3.8, 4) is 5.69 Å². The van der Waals surface area contributed by atoms with Gasteiger partial charge in [0.1, 0.15) is 17.1 Å². The quantitative estimate of drug-likeness (QED) is 0.315. The summed E-state index contributed by atoms with van der Waals surface area (Å²) in [5, 5.41) is 2.21. The summed E-state index contributed by atoms with van der Waals surface area (Å²) >= 11 is 0. The molecule has 0 bridgehead atoms. The van der Waals surface area contributed by atoms with Gasteiger partial charge in [-0.05, 0) is 62.2 Å². The third-order valence-corrected chi connectivity index (χ3v) is 7.29. The fraction of sp³-hybridized carbons (Fsp3) is 0.333. The maximum absolute atomic E-state index is 13.9. The van der Waals surface area contributed by atoms with Crippen molar-refractivity contribution in [2.45, 2.75) is 45.4 Å². The third-order valence-electron chi connectivity index (χ3n) is 7.29. The van der Waals surface area contributed by atoms with Gasteiger partial charge in [-0.2, -0.15) is 0 Å². The molecule has 0 saturated carbocycles. The van der Waals surface area contributed by atoms with Crippen molar-refractivity contribution >= 4 is 27.9 Å². The number of carbonyl (C=O) groups is 1. The smallest absolute Gasteiger partial charge is 0.357 e. The summed E-state index contributed by atoms with van der Waals surface area (Å²) in [5.41, 5.74) is 2.07. The van der Waals surface area contributed by atoms with Crippen LogP contribution in [0.25, 0.3) is 27.6 Å².